The molecule has 25 heavy (non-hydrogen) atoms. The lowest BCUT2D eigenvalue weighted by Crippen LogP contribution is -2.28. The zero-order chi connectivity index (χ0) is 18.1. The molecule has 1 atom stereocenters. The van der Waals surface area contributed by atoms with Crippen LogP contribution in [-0.2, 0) is 6.42 Å². The minimum atomic E-state index is 0.620. The molecule has 136 valence electrons. The highest BCUT2D eigenvalue weighted by molar-refractivity contribution is 6.30. The quantitative estimate of drug-likeness (QED) is 0.740. The monoisotopic (exact) mass is 360 g/mol. The maximum Gasteiger partial charge on any atom is 0.223 e. The molecule has 1 unspecified atom stereocenters. The minimum Gasteiger partial charge on any atom is -0.387 e. The van der Waals surface area contributed by atoms with E-state index in [1.54, 1.807) is 0 Å². The fraction of sp³-hybridized carbons (Fsp3) is 0.500. The van der Waals surface area contributed by atoms with E-state index in [1.807, 2.05) is 18.2 Å². The van der Waals surface area contributed by atoms with Crippen LogP contribution in [0.4, 0.5) is 0 Å². The van der Waals surface area contributed by atoms with Crippen LogP contribution in [0.5, 0.6) is 0 Å². The van der Waals surface area contributed by atoms with Crippen LogP contribution in [0, 0.1) is 5.92 Å². The van der Waals surface area contributed by atoms with Crippen molar-refractivity contribution in [3.8, 4) is 0 Å². The Morgan fingerprint density at radius 3 is 3.00 bits per heavy atom. The van der Waals surface area contributed by atoms with Gasteiger partial charge in [-0.2, -0.15) is 0 Å². The highest BCUT2D eigenvalue weighted by Crippen LogP contribution is 2.17. The summed E-state index contributed by atoms with van der Waals surface area (Å²) < 4.78 is 0. The van der Waals surface area contributed by atoms with Gasteiger partial charge in [0.05, 0.1) is 0 Å². The standard InChI is InChI=1S/C20H29ClN4/c1-3-6-15(2)13-18-9-5-10-19(22)25-20(24-18)23-12-11-16-7-4-8-17(21)14-16/h4,7-9,14-15H,3,5-6,10-13H2,1-2H3,(H3,22,23,24,25)/b18-9-. The molecule has 3 N–H and O–H groups in total. The summed E-state index contributed by atoms with van der Waals surface area (Å²) in [5, 5.41) is 4.15. The van der Waals surface area contributed by atoms with Gasteiger partial charge in [0.15, 0.2) is 0 Å². The second kappa shape index (κ2) is 10.2. The first-order valence-corrected chi connectivity index (χ1v) is 9.52. The van der Waals surface area contributed by atoms with Crippen LogP contribution >= 0.6 is 11.6 Å². The van der Waals surface area contributed by atoms with Gasteiger partial charge in [0.25, 0.3) is 0 Å². The molecule has 5 heteroatoms. The fourth-order valence-electron chi connectivity index (χ4n) is 2.97. The lowest BCUT2D eigenvalue weighted by Gasteiger charge is -2.17. The third-order valence-electron chi connectivity index (χ3n) is 4.21. The molecular weight excluding hydrogens is 332 g/mol. The van der Waals surface area contributed by atoms with Gasteiger partial charge < -0.3 is 11.1 Å². The second-order valence-electron chi connectivity index (χ2n) is 6.68. The minimum absolute atomic E-state index is 0.620. The Bertz CT molecular complexity index is 649. The number of nitrogens with two attached hydrogens (primary N) is 1. The number of nitrogens with one attached hydrogen (secondary N) is 1. The molecule has 2 rings (SSSR count). The predicted octanol–water partition coefficient (Wildman–Crippen LogP) is 4.69. The van der Waals surface area contributed by atoms with E-state index in [2.05, 4.69) is 41.3 Å². The van der Waals surface area contributed by atoms with Gasteiger partial charge >= 0.3 is 0 Å². The van der Waals surface area contributed by atoms with Crippen molar-refractivity contribution in [2.75, 3.05) is 6.54 Å². The highest BCUT2D eigenvalue weighted by atomic mass is 35.5. The van der Waals surface area contributed by atoms with E-state index in [1.165, 1.54) is 24.1 Å². The first-order valence-electron chi connectivity index (χ1n) is 9.14. The summed E-state index contributed by atoms with van der Waals surface area (Å²) in [4.78, 5) is 9.07. The molecule has 1 aromatic carbocycles. The molecule has 1 aliphatic rings. The molecule has 0 aromatic heterocycles. The molecule has 1 heterocycles. The van der Waals surface area contributed by atoms with Crippen molar-refractivity contribution in [3.05, 3.63) is 46.6 Å². The Hall–Kier alpha value is -1.81. The number of benzene rings is 1. The Labute approximate surface area is 156 Å². The molecule has 0 saturated carbocycles. The van der Waals surface area contributed by atoms with Crippen LogP contribution in [0.25, 0.3) is 0 Å². The summed E-state index contributed by atoms with van der Waals surface area (Å²) in [6.45, 7) is 5.17. The summed E-state index contributed by atoms with van der Waals surface area (Å²) in [6, 6.07) is 7.88. The summed E-state index contributed by atoms with van der Waals surface area (Å²) in [7, 11) is 0. The lowest BCUT2D eigenvalue weighted by molar-refractivity contribution is 0.512. The number of aliphatic imine (C=N–C) groups is 2. The van der Waals surface area contributed by atoms with Crippen molar-refractivity contribution in [1.29, 1.82) is 0 Å². The smallest absolute Gasteiger partial charge is 0.223 e. The van der Waals surface area contributed by atoms with Crippen molar-refractivity contribution < 1.29 is 0 Å². The molecule has 0 fully saturated rings. The van der Waals surface area contributed by atoms with E-state index in [-0.39, 0.29) is 0 Å². The van der Waals surface area contributed by atoms with E-state index < -0.39 is 0 Å². The van der Waals surface area contributed by atoms with Gasteiger partial charge in [-0.25, -0.2) is 4.99 Å². The van der Waals surface area contributed by atoms with Crippen LogP contribution in [0.3, 0.4) is 0 Å². The molecule has 1 aromatic rings. The molecular formula is C20H29ClN4. The molecule has 0 spiro atoms. The molecule has 0 radical (unpaired) electrons. The van der Waals surface area contributed by atoms with Gasteiger partial charge in [0, 0.05) is 23.7 Å². The molecule has 0 aliphatic carbocycles. The largest absolute Gasteiger partial charge is 0.387 e. The number of guanidine groups is 1. The van der Waals surface area contributed by atoms with Gasteiger partial charge in [-0.15, -0.1) is 0 Å². The van der Waals surface area contributed by atoms with Crippen LogP contribution in [0.1, 0.15) is 51.5 Å². The molecule has 1 aliphatic heterocycles. The third-order valence-corrected chi connectivity index (χ3v) is 4.45. The van der Waals surface area contributed by atoms with Crippen molar-refractivity contribution in [1.82, 2.24) is 5.32 Å². The summed E-state index contributed by atoms with van der Waals surface area (Å²) in [6.07, 6.45) is 8.22. The van der Waals surface area contributed by atoms with Gasteiger partial charge in [-0.3, -0.25) is 4.99 Å². The van der Waals surface area contributed by atoms with Crippen LogP contribution in [-0.4, -0.2) is 18.3 Å². The van der Waals surface area contributed by atoms with Gasteiger partial charge in [0.2, 0.25) is 5.96 Å². The summed E-state index contributed by atoms with van der Waals surface area (Å²) >= 11 is 6.03. The van der Waals surface area contributed by atoms with Crippen LogP contribution in [0.2, 0.25) is 5.02 Å². The molecule has 0 bridgehead atoms. The van der Waals surface area contributed by atoms with E-state index >= 15 is 0 Å². The first kappa shape index (κ1) is 19.5. The zero-order valence-corrected chi connectivity index (χ0v) is 16.0. The highest BCUT2D eigenvalue weighted by Gasteiger charge is 2.10. The lowest BCUT2D eigenvalue weighted by atomic mass is 9.99. The van der Waals surface area contributed by atoms with Crippen molar-refractivity contribution in [2.24, 2.45) is 21.6 Å². The maximum absolute atomic E-state index is 6.03. The Balaban J connectivity index is 2.00. The normalized spacial score (nSPS) is 20.0. The van der Waals surface area contributed by atoms with E-state index in [4.69, 9.17) is 17.3 Å². The van der Waals surface area contributed by atoms with E-state index in [0.717, 1.165) is 30.7 Å². The second-order valence-corrected chi connectivity index (χ2v) is 7.12. The number of hydrogen-bond donors (Lipinski definition) is 2. The maximum atomic E-state index is 6.03. The first-order chi connectivity index (χ1) is 12.1. The average Bonchev–Trinajstić information content (AvgIpc) is 2.53. The van der Waals surface area contributed by atoms with Gasteiger partial charge in [0.1, 0.15) is 5.84 Å². The van der Waals surface area contributed by atoms with E-state index in [0.29, 0.717) is 24.3 Å². The average molecular weight is 361 g/mol. The Morgan fingerprint density at radius 2 is 2.24 bits per heavy atom. The molecule has 0 saturated heterocycles. The van der Waals surface area contributed by atoms with E-state index in [9.17, 15) is 0 Å². The van der Waals surface area contributed by atoms with Gasteiger partial charge in [-0.05, 0) is 42.9 Å². The fourth-order valence-corrected chi connectivity index (χ4v) is 3.18. The predicted molar refractivity (Wildman–Crippen MR) is 108 cm³/mol. The summed E-state index contributed by atoms with van der Waals surface area (Å²) in [5.74, 6) is 1.90. The van der Waals surface area contributed by atoms with Crippen LogP contribution < -0.4 is 11.1 Å². The SMILES string of the molecule is CCCC(C)C/C1=C/CCC(N)=NC(=NCCc2cccc(Cl)c2)N1. The van der Waals surface area contributed by atoms with Crippen molar-refractivity contribution in [3.63, 3.8) is 0 Å². The number of halogens is 1. The molecule has 0 amide bonds. The third kappa shape index (κ3) is 7.30. The number of hydrogen-bond acceptors (Lipinski definition) is 2. The Kier molecular flexibility index (Phi) is 7.99. The zero-order valence-electron chi connectivity index (χ0n) is 15.3. The number of amidine groups is 1. The number of nitrogens with zero attached hydrogens (tertiary/aromatic N) is 2. The van der Waals surface area contributed by atoms with Gasteiger partial charge in [-0.1, -0.05) is 56.5 Å². The summed E-state index contributed by atoms with van der Waals surface area (Å²) in [5.41, 5.74) is 8.35. The topological polar surface area (TPSA) is 62.8 Å². The Morgan fingerprint density at radius 1 is 1.40 bits per heavy atom. The van der Waals surface area contributed by atoms with Crippen LogP contribution in [0.15, 0.2) is 46.0 Å². The van der Waals surface area contributed by atoms with Crippen molar-refractivity contribution >= 4 is 23.4 Å². The number of allylic oxidation sites excluding steroid dienone is 2. The molecule has 4 nitrogen and oxygen atoms in total. The van der Waals surface area contributed by atoms with Crippen molar-refractivity contribution in [2.45, 2.75) is 52.4 Å². The number of rotatable bonds is 7.